The van der Waals surface area contributed by atoms with Crippen molar-refractivity contribution in [3.63, 3.8) is 0 Å². The van der Waals surface area contributed by atoms with Crippen LogP contribution >= 0.6 is 0 Å². The Morgan fingerprint density at radius 3 is 2.54 bits per heavy atom. The normalized spacial score (nSPS) is 25.6. The lowest BCUT2D eigenvalue weighted by Crippen LogP contribution is -2.47. The third-order valence-corrected chi connectivity index (χ3v) is 7.56. The Labute approximate surface area is 169 Å². The summed E-state index contributed by atoms with van der Waals surface area (Å²) in [6.45, 7) is 10.8. The highest BCUT2D eigenvalue weighted by atomic mass is 32.2. The summed E-state index contributed by atoms with van der Waals surface area (Å²) in [5.74, 6) is 1.12. The van der Waals surface area contributed by atoms with Crippen LogP contribution in [0.3, 0.4) is 0 Å². The minimum atomic E-state index is -3.47. The van der Waals surface area contributed by atoms with Crippen molar-refractivity contribution in [3.8, 4) is 0 Å². The number of piperazine rings is 1. The molecule has 8 heteroatoms. The monoisotopic (exact) mass is 410 g/mol. The third kappa shape index (κ3) is 5.03. The van der Waals surface area contributed by atoms with Crippen LogP contribution in [0.2, 0.25) is 0 Å². The van der Waals surface area contributed by atoms with Gasteiger partial charge in [-0.15, -0.1) is 0 Å². The van der Waals surface area contributed by atoms with Crippen LogP contribution in [0.1, 0.15) is 33.6 Å². The second kappa shape index (κ2) is 8.65. The summed E-state index contributed by atoms with van der Waals surface area (Å²) in [7, 11) is -1.46. The molecule has 28 heavy (non-hydrogen) atoms. The first-order chi connectivity index (χ1) is 13.2. The molecular formula is C20H34N4O3S. The van der Waals surface area contributed by atoms with E-state index in [9.17, 15) is 8.42 Å². The Kier molecular flexibility index (Phi) is 6.64. The molecule has 2 atom stereocenters. The topological polar surface area (TPSA) is 74.8 Å². The molecule has 7 nitrogen and oxygen atoms in total. The van der Waals surface area contributed by atoms with Crippen LogP contribution in [0, 0.1) is 11.3 Å². The number of likely N-dealkylation sites (N-methyl/N-ethyl adjacent to an activating group) is 1. The van der Waals surface area contributed by atoms with Crippen LogP contribution < -0.4 is 5.32 Å². The van der Waals surface area contributed by atoms with E-state index >= 15 is 0 Å². The number of sulfonamides is 1. The largest absolute Gasteiger partial charge is 0.377 e. The minimum absolute atomic E-state index is 0.0979. The zero-order chi connectivity index (χ0) is 20.4. The molecule has 2 aliphatic rings. The van der Waals surface area contributed by atoms with Crippen molar-refractivity contribution < 1.29 is 13.2 Å². The highest BCUT2D eigenvalue weighted by Crippen LogP contribution is 2.34. The summed E-state index contributed by atoms with van der Waals surface area (Å²) in [6, 6.07) is 3.42. The molecule has 0 aromatic carbocycles. The number of pyridine rings is 1. The van der Waals surface area contributed by atoms with Crippen molar-refractivity contribution in [1.29, 1.82) is 0 Å². The molecule has 158 valence electrons. The van der Waals surface area contributed by atoms with Crippen molar-refractivity contribution in [1.82, 2.24) is 14.2 Å². The molecule has 3 heterocycles. The zero-order valence-electron chi connectivity index (χ0n) is 17.5. The molecule has 0 radical (unpaired) electrons. The summed E-state index contributed by atoms with van der Waals surface area (Å²) in [4.78, 5) is 6.75. The molecule has 2 saturated heterocycles. The van der Waals surface area contributed by atoms with Crippen LogP contribution in [0.25, 0.3) is 0 Å². The van der Waals surface area contributed by atoms with Crippen molar-refractivity contribution in [2.75, 3.05) is 51.7 Å². The van der Waals surface area contributed by atoms with E-state index < -0.39 is 10.0 Å². The van der Waals surface area contributed by atoms with Gasteiger partial charge in [0, 0.05) is 51.4 Å². The Balaban J connectivity index is 1.61. The van der Waals surface area contributed by atoms with E-state index in [1.807, 2.05) is 7.05 Å². The van der Waals surface area contributed by atoms with Gasteiger partial charge in [-0.25, -0.2) is 13.4 Å². The van der Waals surface area contributed by atoms with Crippen LogP contribution in [0.5, 0.6) is 0 Å². The molecule has 1 aromatic heterocycles. The molecule has 2 fully saturated rings. The first-order valence-corrected chi connectivity index (χ1v) is 11.6. The number of nitrogens with zero attached hydrogens (tertiary/aromatic N) is 3. The fraction of sp³-hybridized carbons (Fsp3) is 0.750. The maximum absolute atomic E-state index is 12.8. The summed E-state index contributed by atoms with van der Waals surface area (Å²) >= 11 is 0. The van der Waals surface area contributed by atoms with Crippen molar-refractivity contribution in [2.24, 2.45) is 11.3 Å². The highest BCUT2D eigenvalue weighted by molar-refractivity contribution is 7.89. The predicted octanol–water partition coefficient (Wildman–Crippen LogP) is 2.27. The quantitative estimate of drug-likeness (QED) is 0.803. The number of nitrogens with one attached hydrogen (secondary N) is 1. The smallest absolute Gasteiger partial charge is 0.244 e. The molecule has 0 spiro atoms. The first kappa shape index (κ1) is 21.5. The SMILES string of the molecule is CN1CCN(S(=O)(=O)c2ccc(NCC3CCCOC3C(C)(C)C)nc2)CC1. The van der Waals surface area contributed by atoms with Gasteiger partial charge in [-0.3, -0.25) is 0 Å². The Morgan fingerprint density at radius 1 is 1.21 bits per heavy atom. The van der Waals surface area contributed by atoms with Gasteiger partial charge in [0.25, 0.3) is 0 Å². The van der Waals surface area contributed by atoms with Gasteiger partial charge < -0.3 is 15.0 Å². The molecule has 2 unspecified atom stereocenters. The van der Waals surface area contributed by atoms with E-state index in [4.69, 9.17) is 4.74 Å². The zero-order valence-corrected chi connectivity index (χ0v) is 18.3. The summed E-state index contributed by atoms with van der Waals surface area (Å²) in [5.41, 5.74) is 0.0979. The van der Waals surface area contributed by atoms with E-state index in [1.165, 1.54) is 6.20 Å². The average Bonchev–Trinajstić information content (AvgIpc) is 2.66. The molecule has 3 rings (SSSR count). The molecule has 1 N–H and O–H groups in total. The van der Waals surface area contributed by atoms with Gasteiger partial charge in [0.1, 0.15) is 10.7 Å². The van der Waals surface area contributed by atoms with Crippen molar-refractivity contribution in [2.45, 2.75) is 44.6 Å². The summed E-state index contributed by atoms with van der Waals surface area (Å²) < 4.78 is 33.2. The standard InChI is InChI=1S/C20H34N4O3S/c1-20(2,3)19-16(6-5-13-27-19)14-21-18-8-7-17(15-22-18)28(25,26)24-11-9-23(4)10-12-24/h7-8,15-16,19H,5-6,9-14H2,1-4H3,(H,21,22). The molecule has 0 saturated carbocycles. The maximum atomic E-state index is 12.8. The van der Waals surface area contributed by atoms with E-state index in [0.717, 1.165) is 39.1 Å². The van der Waals surface area contributed by atoms with Crippen molar-refractivity contribution >= 4 is 15.8 Å². The van der Waals surface area contributed by atoms with Crippen LogP contribution in [0.4, 0.5) is 5.82 Å². The fourth-order valence-corrected chi connectivity index (χ4v) is 5.43. The summed E-state index contributed by atoms with van der Waals surface area (Å²) in [5, 5.41) is 3.37. The van der Waals surface area contributed by atoms with Gasteiger partial charge in [0.15, 0.2) is 0 Å². The van der Waals surface area contributed by atoms with Gasteiger partial charge in [-0.2, -0.15) is 4.31 Å². The number of hydrogen-bond donors (Lipinski definition) is 1. The van der Waals surface area contributed by atoms with Gasteiger partial charge in [0.2, 0.25) is 10.0 Å². The number of aromatic nitrogens is 1. The van der Waals surface area contributed by atoms with E-state index in [0.29, 0.717) is 24.8 Å². The number of rotatable bonds is 5. The number of anilines is 1. The van der Waals surface area contributed by atoms with Gasteiger partial charge in [0.05, 0.1) is 6.10 Å². The summed E-state index contributed by atoms with van der Waals surface area (Å²) in [6.07, 6.45) is 3.89. The number of ether oxygens (including phenoxy) is 1. The lowest BCUT2D eigenvalue weighted by molar-refractivity contribution is -0.0814. The molecule has 2 aliphatic heterocycles. The lowest BCUT2D eigenvalue weighted by Gasteiger charge is -2.40. The first-order valence-electron chi connectivity index (χ1n) is 10.2. The van der Waals surface area contributed by atoms with E-state index in [2.05, 4.69) is 36.0 Å². The molecule has 0 bridgehead atoms. The van der Waals surface area contributed by atoms with Gasteiger partial charge in [-0.1, -0.05) is 20.8 Å². The lowest BCUT2D eigenvalue weighted by atomic mass is 9.78. The number of hydrogen-bond acceptors (Lipinski definition) is 6. The Morgan fingerprint density at radius 2 is 1.93 bits per heavy atom. The molecule has 0 aliphatic carbocycles. The fourth-order valence-electron chi connectivity index (χ4n) is 4.06. The van der Waals surface area contributed by atoms with Crippen molar-refractivity contribution in [3.05, 3.63) is 18.3 Å². The van der Waals surface area contributed by atoms with Gasteiger partial charge >= 0.3 is 0 Å². The molecular weight excluding hydrogens is 376 g/mol. The van der Waals surface area contributed by atoms with E-state index in [1.54, 1.807) is 16.4 Å². The van der Waals surface area contributed by atoms with Crippen LogP contribution in [-0.4, -0.2) is 75.1 Å². The molecule has 0 amide bonds. The van der Waals surface area contributed by atoms with E-state index in [-0.39, 0.29) is 16.4 Å². The highest BCUT2D eigenvalue weighted by Gasteiger charge is 2.35. The molecule has 1 aromatic rings. The predicted molar refractivity (Wildman–Crippen MR) is 111 cm³/mol. The van der Waals surface area contributed by atoms with Crippen LogP contribution in [-0.2, 0) is 14.8 Å². The Hall–Kier alpha value is -1.22. The maximum Gasteiger partial charge on any atom is 0.244 e. The third-order valence-electron chi connectivity index (χ3n) is 5.68. The second-order valence-electron chi connectivity index (χ2n) is 9.03. The second-order valence-corrected chi connectivity index (χ2v) is 11.0. The Bertz CT molecular complexity index is 738. The van der Waals surface area contributed by atoms with Gasteiger partial charge in [-0.05, 0) is 37.4 Å². The average molecular weight is 411 g/mol. The van der Waals surface area contributed by atoms with Crippen LogP contribution in [0.15, 0.2) is 23.2 Å². The minimum Gasteiger partial charge on any atom is -0.377 e.